The van der Waals surface area contributed by atoms with E-state index < -0.39 is 169 Å². The monoisotopic (exact) mass is 1140 g/mol. The summed E-state index contributed by atoms with van der Waals surface area (Å²) in [4.78, 5) is 27.5. The third-order valence-electron chi connectivity index (χ3n) is 20.0. The van der Waals surface area contributed by atoms with E-state index in [9.17, 15) is 50.4 Å². The lowest BCUT2D eigenvalue weighted by Crippen LogP contribution is -2.70. The molecule has 2 aromatic rings. The number of methoxy groups -OCH3 is 1. The summed E-state index contributed by atoms with van der Waals surface area (Å²) in [6.45, 7) is 10.4. The van der Waals surface area contributed by atoms with E-state index in [1.54, 1.807) is 69.5 Å². The van der Waals surface area contributed by atoms with Gasteiger partial charge in [0.05, 0.1) is 71.7 Å². The summed E-state index contributed by atoms with van der Waals surface area (Å²) in [5.74, 6) is -2.08. The van der Waals surface area contributed by atoms with Crippen LogP contribution in [0.5, 0.6) is 0 Å². The Balaban J connectivity index is 0.768. The molecule has 21 nitrogen and oxygen atoms in total. The molecule has 0 spiro atoms. The molecule has 450 valence electrons. The van der Waals surface area contributed by atoms with Gasteiger partial charge in [-0.15, -0.1) is 0 Å². The van der Waals surface area contributed by atoms with Crippen molar-refractivity contribution >= 4 is 11.9 Å². The Bertz CT molecular complexity index is 2480. The minimum atomic E-state index is -1.68. The molecule has 10 rings (SSSR count). The lowest BCUT2D eigenvalue weighted by Gasteiger charge is -2.65. The fraction of sp³-hybridized carbons (Fsp3) is 0.733. The standard InChI is InChI=1S/C60H84O21/c1-30(75-54(67)34-14-10-8-11-15-34)37-20-23-60(70)38-19-22-59(69)28-36(18-21-57(59,5)39(38)24-44(58(37,60)6)79-55(68)35-16-12-9-13-17-35)76-46-27-42(71-7)53(33(4)74-46)81-45-25-40(62)52(32(3)73-45)80-47-26-41(48(63)31(2)72-47)77-56-51(66)50(65)49(64)43(29-61)78-56/h8-17,19,22,30-33,36-53,56,61-66,69-70H,18,20-21,23-29H2,1-7H3/t30-,31-,32-,33-,36+,37-,38-,39+,40-,41+,42+,43-,44-,45+,46+,47+,48-,49-,50+,51-,52-,53-,56-,57-,58+,59-,60+/m1/s1. The third-order valence-corrected chi connectivity index (χ3v) is 20.0. The topological polar surface area (TPSA) is 298 Å². The van der Waals surface area contributed by atoms with Gasteiger partial charge >= 0.3 is 11.9 Å². The zero-order valence-corrected chi connectivity index (χ0v) is 47.2. The summed E-state index contributed by atoms with van der Waals surface area (Å²) in [5, 5.41) is 89.4. The molecule has 21 heteroatoms. The minimum Gasteiger partial charge on any atom is -0.459 e. The summed E-state index contributed by atoms with van der Waals surface area (Å²) in [6.07, 6.45) is -13.0. The Morgan fingerprint density at radius 1 is 0.679 bits per heavy atom. The summed E-state index contributed by atoms with van der Waals surface area (Å²) in [6, 6.07) is 17.6. The molecule has 3 saturated carbocycles. The van der Waals surface area contributed by atoms with Crippen molar-refractivity contribution in [2.45, 2.75) is 233 Å². The second-order valence-electron chi connectivity index (χ2n) is 24.6. The predicted octanol–water partition coefficient (Wildman–Crippen LogP) is 3.21. The van der Waals surface area contributed by atoms with Crippen LogP contribution in [-0.2, 0) is 52.1 Å². The van der Waals surface area contributed by atoms with E-state index >= 15 is 0 Å². The average molecular weight is 1140 g/mol. The Hall–Kier alpha value is -3.56. The fourth-order valence-corrected chi connectivity index (χ4v) is 15.2. The maximum absolute atomic E-state index is 14.0. The molecule has 8 aliphatic rings. The fourth-order valence-electron chi connectivity index (χ4n) is 15.2. The first-order chi connectivity index (χ1) is 38.5. The van der Waals surface area contributed by atoms with Crippen molar-refractivity contribution in [3.8, 4) is 0 Å². The number of fused-ring (bicyclic) bond motifs is 5. The second-order valence-corrected chi connectivity index (χ2v) is 24.6. The molecule has 81 heavy (non-hydrogen) atoms. The highest BCUT2D eigenvalue weighted by molar-refractivity contribution is 5.90. The van der Waals surface area contributed by atoms with Gasteiger partial charge in [0.25, 0.3) is 0 Å². The Morgan fingerprint density at radius 2 is 1.28 bits per heavy atom. The highest BCUT2D eigenvalue weighted by Crippen LogP contribution is 2.69. The van der Waals surface area contributed by atoms with Gasteiger partial charge in [0.1, 0.15) is 54.9 Å². The molecule has 4 aliphatic carbocycles. The summed E-state index contributed by atoms with van der Waals surface area (Å²) >= 11 is 0. The molecule has 0 bridgehead atoms. The van der Waals surface area contributed by atoms with Gasteiger partial charge in [-0.1, -0.05) is 62.4 Å². The molecule has 4 heterocycles. The lowest BCUT2D eigenvalue weighted by atomic mass is 9.43. The number of aliphatic hydroxyl groups excluding tert-OH is 6. The summed E-state index contributed by atoms with van der Waals surface area (Å²) < 4.78 is 68.3. The summed E-state index contributed by atoms with van der Waals surface area (Å²) in [5.41, 5.74) is -3.78. The maximum Gasteiger partial charge on any atom is 0.338 e. The molecular weight excluding hydrogens is 1060 g/mol. The first-order valence-corrected chi connectivity index (χ1v) is 29.0. The Labute approximate surface area is 472 Å². The zero-order chi connectivity index (χ0) is 57.9. The number of hydrogen-bond acceptors (Lipinski definition) is 21. The van der Waals surface area contributed by atoms with Crippen LogP contribution >= 0.6 is 0 Å². The van der Waals surface area contributed by atoms with Gasteiger partial charge in [-0.25, -0.2) is 9.59 Å². The van der Waals surface area contributed by atoms with Crippen molar-refractivity contribution in [1.29, 1.82) is 0 Å². The molecule has 4 aliphatic heterocycles. The first-order valence-electron chi connectivity index (χ1n) is 29.0. The molecule has 2 aromatic carbocycles. The van der Waals surface area contributed by atoms with Crippen molar-refractivity contribution in [3.05, 3.63) is 83.9 Å². The van der Waals surface area contributed by atoms with Crippen LogP contribution in [0, 0.1) is 28.6 Å². The van der Waals surface area contributed by atoms with E-state index in [1.807, 2.05) is 45.1 Å². The molecule has 4 saturated heterocycles. The number of rotatable bonds is 15. The number of carbonyl (C=O) groups excluding carboxylic acids is 2. The number of esters is 2. The second kappa shape index (κ2) is 24.1. The average Bonchev–Trinajstić information content (AvgIpc) is 4.01. The zero-order valence-electron chi connectivity index (χ0n) is 47.2. The quantitative estimate of drug-likeness (QED) is 0.0938. The normalized spacial score (nSPS) is 47.3. The molecule has 0 radical (unpaired) electrons. The van der Waals surface area contributed by atoms with Gasteiger partial charge in [0, 0.05) is 55.5 Å². The van der Waals surface area contributed by atoms with E-state index in [4.69, 9.17) is 52.1 Å². The van der Waals surface area contributed by atoms with Gasteiger partial charge in [0.15, 0.2) is 25.2 Å². The van der Waals surface area contributed by atoms with E-state index in [-0.39, 0.29) is 37.5 Å². The lowest BCUT2D eigenvalue weighted by molar-refractivity contribution is -0.353. The SMILES string of the molecule is CO[C@H]1C[C@H](O[C@H]2CC[C@]3(C)[C@H]4C[C@@H](OC(=O)c5ccccc5)[C@]5(C)[C@@H]([C@@H](C)OC(=O)c6ccccc6)CC[C@]5(O)[C@@H]4C=C[C@@]3(O)C2)O[C@H](C)[C@H]1O[C@H]1C[C@@H](O)[C@H](O[C@H]2C[C@H](O[C@@H]3O[C@H](CO)[C@@H](O)[C@H](O)[C@H]3O)[C@H](O)[C@@H](C)O2)[C@@H](C)O1. The summed E-state index contributed by atoms with van der Waals surface area (Å²) in [7, 11) is 1.58. The highest BCUT2D eigenvalue weighted by Gasteiger charge is 2.73. The third kappa shape index (κ3) is 11.3. The van der Waals surface area contributed by atoms with Crippen LogP contribution in [0.3, 0.4) is 0 Å². The predicted molar refractivity (Wildman–Crippen MR) is 283 cm³/mol. The van der Waals surface area contributed by atoms with Crippen LogP contribution in [0.4, 0.5) is 0 Å². The van der Waals surface area contributed by atoms with Crippen LogP contribution in [0.15, 0.2) is 72.8 Å². The number of hydrogen-bond donors (Lipinski definition) is 8. The Morgan fingerprint density at radius 3 is 1.94 bits per heavy atom. The van der Waals surface area contributed by atoms with Crippen LogP contribution in [0.1, 0.15) is 120 Å². The molecule has 7 fully saturated rings. The van der Waals surface area contributed by atoms with E-state index in [0.29, 0.717) is 43.2 Å². The van der Waals surface area contributed by atoms with E-state index in [0.717, 1.165) is 0 Å². The number of carbonyl (C=O) groups is 2. The van der Waals surface area contributed by atoms with Crippen LogP contribution in [-0.4, -0.2) is 201 Å². The van der Waals surface area contributed by atoms with Crippen molar-refractivity contribution in [1.82, 2.24) is 0 Å². The van der Waals surface area contributed by atoms with Crippen molar-refractivity contribution in [2.24, 2.45) is 28.6 Å². The molecule has 0 aromatic heterocycles. The minimum absolute atomic E-state index is 0.00973. The van der Waals surface area contributed by atoms with Crippen molar-refractivity contribution < 1.29 is 103 Å². The Kier molecular flexibility index (Phi) is 18.0. The van der Waals surface area contributed by atoms with Gasteiger partial charge in [0.2, 0.25) is 0 Å². The van der Waals surface area contributed by atoms with Crippen LogP contribution in [0.25, 0.3) is 0 Å². The molecule has 0 amide bonds. The molecular formula is C60H84O21. The maximum atomic E-state index is 14.0. The van der Waals surface area contributed by atoms with Gasteiger partial charge in [-0.3, -0.25) is 0 Å². The van der Waals surface area contributed by atoms with Crippen LogP contribution < -0.4 is 0 Å². The van der Waals surface area contributed by atoms with Gasteiger partial charge < -0.3 is 93.0 Å². The first kappa shape index (κ1) is 60.6. The molecule has 8 N–H and O–H groups in total. The van der Waals surface area contributed by atoms with E-state index in [2.05, 4.69) is 6.92 Å². The van der Waals surface area contributed by atoms with Gasteiger partial charge in [-0.2, -0.15) is 0 Å². The number of benzene rings is 2. The molecule has 27 atom stereocenters. The van der Waals surface area contributed by atoms with Gasteiger partial charge in [-0.05, 0) is 90.0 Å². The van der Waals surface area contributed by atoms with Crippen molar-refractivity contribution in [2.75, 3.05) is 13.7 Å². The number of ether oxygens (including phenoxy) is 11. The highest BCUT2D eigenvalue weighted by atomic mass is 16.8. The number of aliphatic hydroxyl groups is 8. The van der Waals surface area contributed by atoms with Crippen molar-refractivity contribution in [3.63, 3.8) is 0 Å². The van der Waals surface area contributed by atoms with Crippen LogP contribution in [0.2, 0.25) is 0 Å². The smallest absolute Gasteiger partial charge is 0.338 e. The largest absolute Gasteiger partial charge is 0.459 e. The molecule has 0 unspecified atom stereocenters. The van der Waals surface area contributed by atoms with E-state index in [1.165, 1.54) is 0 Å².